The normalized spacial score (nSPS) is 21.4. The lowest BCUT2D eigenvalue weighted by molar-refractivity contribution is -0.137. The van der Waals surface area contributed by atoms with Gasteiger partial charge in [0.2, 0.25) is 13.4 Å². The van der Waals surface area contributed by atoms with Crippen LogP contribution in [0.3, 0.4) is 0 Å². The molecule has 1 fully saturated rings. The van der Waals surface area contributed by atoms with Gasteiger partial charge < -0.3 is 36.0 Å². The summed E-state index contributed by atoms with van der Waals surface area (Å²) in [7, 11) is -0.264. The van der Waals surface area contributed by atoms with Gasteiger partial charge >= 0.3 is 12.0 Å². The molecule has 2 amide bonds. The van der Waals surface area contributed by atoms with E-state index in [9.17, 15) is 39.1 Å². The molecule has 5 unspecified atom stereocenters. The van der Waals surface area contributed by atoms with Gasteiger partial charge in [-0.3, -0.25) is 29.6 Å². The number of nitrogens with zero attached hydrogens (tertiary/aromatic N) is 6. The van der Waals surface area contributed by atoms with Gasteiger partial charge in [0.25, 0.3) is 5.56 Å². The molecule has 1 aliphatic rings. The zero-order chi connectivity index (χ0) is 33.1. The van der Waals surface area contributed by atoms with E-state index in [4.69, 9.17) is 10.5 Å². The van der Waals surface area contributed by atoms with Gasteiger partial charge in [-0.05, 0) is 41.8 Å². The van der Waals surface area contributed by atoms with E-state index in [1.807, 2.05) is 0 Å². The van der Waals surface area contributed by atoms with Crippen LogP contribution in [-0.2, 0) is 18.9 Å². The Labute approximate surface area is 251 Å². The fourth-order valence-electron chi connectivity index (χ4n) is 4.52. The maximum absolute atomic E-state index is 13.6. The molecule has 44 heavy (non-hydrogen) atoms. The highest BCUT2D eigenvalue weighted by atomic mass is 31.2. The summed E-state index contributed by atoms with van der Waals surface area (Å²) in [5.74, 6) is -3.83. The van der Waals surface area contributed by atoms with Crippen molar-refractivity contribution < 1.29 is 39.0 Å². The van der Waals surface area contributed by atoms with E-state index in [0.717, 1.165) is 0 Å². The van der Waals surface area contributed by atoms with Crippen LogP contribution in [0.25, 0.3) is 11.0 Å². The second-order valence-electron chi connectivity index (χ2n) is 11.2. The van der Waals surface area contributed by atoms with E-state index in [2.05, 4.69) is 36.2 Å². The fraction of sp³-hybridized carbons (Fsp3) is 0.696. The predicted molar refractivity (Wildman–Crippen MR) is 156 cm³/mol. The van der Waals surface area contributed by atoms with Crippen molar-refractivity contribution in [3.63, 3.8) is 0 Å². The summed E-state index contributed by atoms with van der Waals surface area (Å²) in [4.78, 5) is 51.8. The SMILES string of the molecule is CC(C)NP(=O)(NC(C)C)C(NCC1OC(n2nnc3c(NC(=O)CCN(C)C)nn(C(N)=O)c3c2=O)C(O)C1O)C(=O)O. The number of fused-ring (bicyclic) bond motifs is 1. The van der Waals surface area contributed by atoms with Crippen molar-refractivity contribution in [2.45, 2.75) is 76.5 Å². The molecule has 20 nitrogen and oxygen atoms in total. The molecular formula is C23H40N11O9P. The quantitative estimate of drug-likeness (QED) is 0.0995. The zero-order valence-electron chi connectivity index (χ0n) is 25.2. The summed E-state index contributed by atoms with van der Waals surface area (Å²) in [6.45, 7) is 6.77. The van der Waals surface area contributed by atoms with Gasteiger partial charge in [-0.25, -0.2) is 9.59 Å². The molecule has 3 heterocycles. The first-order chi connectivity index (χ1) is 20.5. The number of nitrogens with one attached hydrogen (secondary N) is 4. The van der Waals surface area contributed by atoms with E-state index in [-0.39, 0.29) is 29.8 Å². The van der Waals surface area contributed by atoms with Gasteiger partial charge in [0.05, 0.1) is 0 Å². The Kier molecular flexibility index (Phi) is 11.3. The minimum Gasteiger partial charge on any atom is -0.480 e. The van der Waals surface area contributed by atoms with E-state index >= 15 is 0 Å². The fourth-order valence-corrected chi connectivity index (χ4v) is 7.10. The van der Waals surface area contributed by atoms with Gasteiger partial charge in [-0.1, -0.05) is 5.21 Å². The third-order valence-electron chi connectivity index (χ3n) is 6.35. The Hall–Kier alpha value is -3.36. The average Bonchev–Trinajstić information content (AvgIpc) is 3.40. The molecule has 9 N–H and O–H groups in total. The highest BCUT2D eigenvalue weighted by Crippen LogP contribution is 2.42. The summed E-state index contributed by atoms with van der Waals surface area (Å²) in [6, 6.07) is -1.88. The minimum atomic E-state index is -3.80. The van der Waals surface area contributed by atoms with Crippen LogP contribution in [-0.4, -0.2) is 126 Å². The molecule has 0 bridgehead atoms. The van der Waals surface area contributed by atoms with E-state index in [0.29, 0.717) is 15.9 Å². The number of carbonyl (C=O) groups is 3. The first-order valence-electron chi connectivity index (χ1n) is 13.7. The average molecular weight is 646 g/mol. The molecule has 5 atom stereocenters. The number of aliphatic hydroxyl groups is 2. The van der Waals surface area contributed by atoms with E-state index < -0.39 is 73.3 Å². The van der Waals surface area contributed by atoms with Crippen molar-refractivity contribution >= 4 is 42.2 Å². The Morgan fingerprint density at radius 2 is 1.73 bits per heavy atom. The largest absolute Gasteiger partial charge is 0.480 e. The molecule has 0 radical (unpaired) electrons. The number of carboxylic acid groups (broad SMARTS) is 1. The second-order valence-corrected chi connectivity index (χ2v) is 13.5. The van der Waals surface area contributed by atoms with E-state index in [1.165, 1.54) is 0 Å². The maximum atomic E-state index is 13.6. The van der Waals surface area contributed by atoms with Crippen molar-refractivity contribution in [1.29, 1.82) is 0 Å². The summed E-state index contributed by atoms with van der Waals surface area (Å²) < 4.78 is 20.4. The summed E-state index contributed by atoms with van der Waals surface area (Å²) in [5, 5.41) is 53.5. The number of primary amides is 1. The topological polar surface area (TPSA) is 281 Å². The second kappa shape index (κ2) is 14.2. The number of hydrogen-bond acceptors (Lipinski definition) is 13. The van der Waals surface area contributed by atoms with Crippen LogP contribution >= 0.6 is 7.44 Å². The molecule has 3 rings (SSSR count). The number of aromatic nitrogens is 5. The Morgan fingerprint density at radius 3 is 2.25 bits per heavy atom. The predicted octanol–water partition coefficient (Wildman–Crippen LogP) is -2.39. The number of rotatable bonds is 14. The lowest BCUT2D eigenvalue weighted by Crippen LogP contribution is -2.50. The Morgan fingerprint density at radius 1 is 1.11 bits per heavy atom. The number of ether oxygens (including phenoxy) is 1. The number of nitrogens with two attached hydrogens (primary N) is 1. The molecule has 21 heteroatoms. The van der Waals surface area contributed by atoms with Crippen LogP contribution in [0.5, 0.6) is 0 Å². The number of carboxylic acids is 1. The van der Waals surface area contributed by atoms with Crippen molar-refractivity contribution in [2.24, 2.45) is 5.73 Å². The van der Waals surface area contributed by atoms with E-state index in [1.54, 1.807) is 46.7 Å². The maximum Gasteiger partial charge on any atom is 0.340 e. The van der Waals surface area contributed by atoms with Gasteiger partial charge in [-0.2, -0.15) is 9.36 Å². The van der Waals surface area contributed by atoms with Crippen molar-refractivity contribution in [3.8, 4) is 0 Å². The van der Waals surface area contributed by atoms with Gasteiger partial charge in [0.15, 0.2) is 28.9 Å². The molecule has 1 saturated heterocycles. The molecule has 2 aromatic heterocycles. The van der Waals surface area contributed by atoms with Crippen molar-refractivity contribution in [1.82, 2.24) is 45.2 Å². The Balaban J connectivity index is 1.89. The van der Waals surface area contributed by atoms with Gasteiger partial charge in [0.1, 0.15) is 18.3 Å². The number of hydrogen-bond donors (Lipinski definition) is 8. The summed E-state index contributed by atoms with van der Waals surface area (Å²) in [5.41, 5.74) is 3.61. The highest BCUT2D eigenvalue weighted by Gasteiger charge is 2.47. The lowest BCUT2D eigenvalue weighted by Gasteiger charge is -2.31. The zero-order valence-corrected chi connectivity index (χ0v) is 26.1. The monoisotopic (exact) mass is 645 g/mol. The number of amides is 2. The van der Waals surface area contributed by atoms with Crippen LogP contribution in [0, 0.1) is 0 Å². The highest BCUT2D eigenvalue weighted by molar-refractivity contribution is 7.61. The lowest BCUT2D eigenvalue weighted by atomic mass is 10.1. The number of carbonyl (C=O) groups excluding carboxylic acids is 2. The van der Waals surface area contributed by atoms with Crippen LogP contribution < -0.4 is 32.1 Å². The Bertz CT molecular complexity index is 1460. The van der Waals surface area contributed by atoms with Crippen LogP contribution in [0.4, 0.5) is 10.6 Å². The molecule has 0 saturated carbocycles. The first-order valence-corrected chi connectivity index (χ1v) is 15.5. The van der Waals surface area contributed by atoms with Crippen LogP contribution in [0.1, 0.15) is 40.3 Å². The number of aliphatic hydroxyl groups excluding tert-OH is 2. The molecule has 2 aromatic rings. The number of anilines is 1. The van der Waals surface area contributed by atoms with Crippen molar-refractivity contribution in [3.05, 3.63) is 10.4 Å². The number of aliphatic carboxylic acids is 1. The molecule has 246 valence electrons. The molecule has 0 aromatic carbocycles. The van der Waals surface area contributed by atoms with Gasteiger partial charge in [0, 0.05) is 31.6 Å². The standard InChI is InChI=1S/C23H40N11O9P/c1-10(2)29-44(42,30-11(3)4)19(22(39)40)25-9-12-16(36)17(37)21(43-12)34-20(38)15-14(27-31-34)18(28-33(15)23(24)41)26-13(35)7-8-32(5)6/h10-12,16-17,19,21,25,36-37H,7-9H2,1-6H3,(H2,24,41)(H,39,40)(H,26,28,35)(H2,29,30,42). The summed E-state index contributed by atoms with van der Waals surface area (Å²) >= 11 is 0. The molecule has 0 aliphatic carbocycles. The molecular weight excluding hydrogens is 605 g/mol. The molecule has 1 aliphatic heterocycles. The summed E-state index contributed by atoms with van der Waals surface area (Å²) in [6.07, 6.45) is -6.31. The van der Waals surface area contributed by atoms with Gasteiger partial charge in [-0.15, -0.1) is 10.2 Å². The van der Waals surface area contributed by atoms with Crippen LogP contribution in [0.15, 0.2) is 4.79 Å². The van der Waals surface area contributed by atoms with Crippen LogP contribution in [0.2, 0.25) is 0 Å². The third kappa shape index (κ3) is 7.83. The third-order valence-corrected chi connectivity index (χ3v) is 9.28. The first kappa shape index (κ1) is 35.1. The smallest absolute Gasteiger partial charge is 0.340 e. The molecule has 0 spiro atoms. The minimum absolute atomic E-state index is 0.0666. The van der Waals surface area contributed by atoms with Crippen molar-refractivity contribution in [2.75, 3.05) is 32.5 Å².